The number of hydrogen-bond acceptors (Lipinski definition) is 3. The molecule has 3 rings (SSSR count). The molecule has 1 amide bonds. The molecule has 1 saturated heterocycles. The van der Waals surface area contributed by atoms with Crippen molar-refractivity contribution in [3.63, 3.8) is 0 Å². The summed E-state index contributed by atoms with van der Waals surface area (Å²) in [6.45, 7) is 2.70. The van der Waals surface area contributed by atoms with Gasteiger partial charge in [0.15, 0.2) is 0 Å². The minimum absolute atomic E-state index is 0.113. The van der Waals surface area contributed by atoms with Crippen LogP contribution in [-0.4, -0.2) is 44.8 Å². The summed E-state index contributed by atoms with van der Waals surface area (Å²) in [5.41, 5.74) is 1.47. The molecule has 104 valence electrons. The van der Waals surface area contributed by atoms with Crippen molar-refractivity contribution in [3.8, 4) is 11.3 Å². The quantitative estimate of drug-likeness (QED) is 0.892. The first-order chi connectivity index (χ1) is 9.61. The van der Waals surface area contributed by atoms with Gasteiger partial charge in [-0.25, -0.2) is 0 Å². The van der Waals surface area contributed by atoms with Gasteiger partial charge >= 0.3 is 0 Å². The van der Waals surface area contributed by atoms with Crippen molar-refractivity contribution >= 4 is 5.91 Å². The summed E-state index contributed by atoms with van der Waals surface area (Å²) in [7, 11) is 0. The molecule has 1 aliphatic rings. The van der Waals surface area contributed by atoms with Gasteiger partial charge in [0.2, 0.25) is 0 Å². The Bertz CT molecular complexity index is 615. The molecule has 0 aliphatic carbocycles. The highest BCUT2D eigenvalue weighted by atomic mass is 16.3. The Balaban J connectivity index is 1.73. The number of aromatic nitrogens is 2. The van der Waals surface area contributed by atoms with Crippen LogP contribution in [0.2, 0.25) is 0 Å². The molecule has 0 saturated carbocycles. The van der Waals surface area contributed by atoms with Gasteiger partial charge in [-0.3, -0.25) is 9.89 Å². The molecule has 20 heavy (non-hydrogen) atoms. The molecular weight excluding hydrogens is 254 g/mol. The summed E-state index contributed by atoms with van der Waals surface area (Å²) < 4.78 is 0. The molecule has 5 heteroatoms. The summed E-state index contributed by atoms with van der Waals surface area (Å²) in [4.78, 5) is 13.8. The Hall–Kier alpha value is -2.14. The third-order valence-corrected chi connectivity index (χ3v) is 3.79. The first kappa shape index (κ1) is 12.9. The van der Waals surface area contributed by atoms with E-state index in [0.717, 1.165) is 11.3 Å². The number of nitrogens with zero attached hydrogens (tertiary/aromatic N) is 2. The molecule has 2 N–H and O–H groups in total. The van der Waals surface area contributed by atoms with Crippen molar-refractivity contribution in [2.45, 2.75) is 18.9 Å². The van der Waals surface area contributed by atoms with Gasteiger partial charge in [0.1, 0.15) is 5.69 Å². The molecule has 1 aliphatic heterocycles. The van der Waals surface area contributed by atoms with Gasteiger partial charge in [-0.1, -0.05) is 37.3 Å². The molecular formula is C15H17N3O2. The number of amides is 1. The lowest BCUT2D eigenvalue weighted by atomic mass is 9.91. The van der Waals surface area contributed by atoms with E-state index in [-0.39, 0.29) is 5.91 Å². The number of β-amino-alcohol motifs (C(OH)–C–C–N with tert-alkyl or cyclic N) is 1. The van der Waals surface area contributed by atoms with Crippen molar-refractivity contribution in [1.82, 2.24) is 15.1 Å². The Morgan fingerprint density at radius 2 is 2.10 bits per heavy atom. The first-order valence-electron chi connectivity index (χ1n) is 6.74. The Kier molecular flexibility index (Phi) is 3.06. The largest absolute Gasteiger partial charge is 0.386 e. The standard InChI is InChI=1S/C15H17N3O2/c1-2-15(20)9-18(10-15)14(19)13-8-12(16-17-13)11-6-4-3-5-7-11/h3-8,20H,2,9-10H2,1H3,(H,16,17). The number of H-pyrrole nitrogens is 1. The fraction of sp³-hybridized carbons (Fsp3) is 0.333. The number of likely N-dealkylation sites (tertiary alicyclic amines) is 1. The van der Waals surface area contributed by atoms with E-state index in [1.807, 2.05) is 37.3 Å². The zero-order valence-electron chi connectivity index (χ0n) is 11.3. The van der Waals surface area contributed by atoms with E-state index in [0.29, 0.717) is 25.2 Å². The number of nitrogens with one attached hydrogen (secondary N) is 1. The topological polar surface area (TPSA) is 69.2 Å². The van der Waals surface area contributed by atoms with Gasteiger partial charge in [0.05, 0.1) is 24.4 Å². The van der Waals surface area contributed by atoms with E-state index in [9.17, 15) is 9.90 Å². The van der Waals surface area contributed by atoms with Crippen LogP contribution in [0, 0.1) is 0 Å². The zero-order chi connectivity index (χ0) is 14.2. The van der Waals surface area contributed by atoms with Crippen LogP contribution in [0.15, 0.2) is 36.4 Å². The maximum absolute atomic E-state index is 12.2. The fourth-order valence-corrected chi connectivity index (χ4v) is 2.39. The minimum Gasteiger partial charge on any atom is -0.386 e. The number of rotatable bonds is 3. The average Bonchev–Trinajstić information content (AvgIpc) is 2.94. The van der Waals surface area contributed by atoms with Crippen LogP contribution in [0.1, 0.15) is 23.8 Å². The third kappa shape index (κ3) is 2.20. The molecule has 2 aromatic rings. The van der Waals surface area contributed by atoms with Crippen molar-refractivity contribution in [1.29, 1.82) is 0 Å². The van der Waals surface area contributed by atoms with E-state index in [2.05, 4.69) is 10.2 Å². The van der Waals surface area contributed by atoms with E-state index in [1.165, 1.54) is 0 Å². The summed E-state index contributed by atoms with van der Waals surface area (Å²) in [6.07, 6.45) is 0.662. The minimum atomic E-state index is -0.710. The van der Waals surface area contributed by atoms with Crippen LogP contribution in [-0.2, 0) is 0 Å². The third-order valence-electron chi connectivity index (χ3n) is 3.79. The number of carbonyl (C=O) groups excluding carboxylic acids is 1. The second kappa shape index (κ2) is 4.76. The number of benzene rings is 1. The van der Waals surface area contributed by atoms with Gasteiger partial charge in [0.25, 0.3) is 5.91 Å². The van der Waals surface area contributed by atoms with Crippen molar-refractivity contribution in [2.75, 3.05) is 13.1 Å². The Morgan fingerprint density at radius 3 is 2.75 bits per heavy atom. The van der Waals surface area contributed by atoms with Crippen LogP contribution < -0.4 is 0 Å². The van der Waals surface area contributed by atoms with E-state index < -0.39 is 5.60 Å². The molecule has 1 aromatic carbocycles. The van der Waals surface area contributed by atoms with Gasteiger partial charge < -0.3 is 10.0 Å². The smallest absolute Gasteiger partial charge is 0.272 e. The molecule has 1 aromatic heterocycles. The van der Waals surface area contributed by atoms with Gasteiger partial charge in [-0.2, -0.15) is 5.10 Å². The van der Waals surface area contributed by atoms with Crippen LogP contribution in [0.3, 0.4) is 0 Å². The van der Waals surface area contributed by atoms with Crippen molar-refractivity contribution < 1.29 is 9.90 Å². The van der Waals surface area contributed by atoms with Crippen molar-refractivity contribution in [2.24, 2.45) is 0 Å². The molecule has 0 spiro atoms. The summed E-state index contributed by atoms with van der Waals surface area (Å²) in [5, 5.41) is 16.9. The Morgan fingerprint density at radius 1 is 1.40 bits per heavy atom. The summed E-state index contributed by atoms with van der Waals surface area (Å²) in [6, 6.07) is 11.5. The maximum atomic E-state index is 12.2. The lowest BCUT2D eigenvalue weighted by Crippen LogP contribution is -2.63. The van der Waals surface area contributed by atoms with Crippen LogP contribution in [0.5, 0.6) is 0 Å². The van der Waals surface area contributed by atoms with Crippen LogP contribution in [0.4, 0.5) is 0 Å². The van der Waals surface area contributed by atoms with E-state index in [4.69, 9.17) is 0 Å². The highest BCUT2D eigenvalue weighted by Crippen LogP contribution is 2.26. The number of hydrogen-bond donors (Lipinski definition) is 2. The highest BCUT2D eigenvalue weighted by Gasteiger charge is 2.42. The zero-order valence-corrected chi connectivity index (χ0v) is 11.3. The van der Waals surface area contributed by atoms with Crippen molar-refractivity contribution in [3.05, 3.63) is 42.1 Å². The lowest BCUT2D eigenvalue weighted by Gasteiger charge is -2.45. The highest BCUT2D eigenvalue weighted by molar-refractivity contribution is 5.94. The molecule has 0 atom stereocenters. The molecule has 0 unspecified atom stereocenters. The SMILES string of the molecule is CCC1(O)CN(C(=O)c2cc(-c3ccccc3)n[nH]2)C1. The van der Waals surface area contributed by atoms with Gasteiger partial charge in [-0.05, 0) is 12.5 Å². The predicted molar refractivity (Wildman–Crippen MR) is 75.2 cm³/mol. The lowest BCUT2D eigenvalue weighted by molar-refractivity contribution is -0.0828. The number of carbonyl (C=O) groups is 1. The fourth-order valence-electron chi connectivity index (χ4n) is 2.39. The maximum Gasteiger partial charge on any atom is 0.272 e. The molecule has 5 nitrogen and oxygen atoms in total. The number of aliphatic hydroxyl groups is 1. The summed E-state index contributed by atoms with van der Waals surface area (Å²) >= 11 is 0. The predicted octanol–water partition coefficient (Wildman–Crippen LogP) is 1.67. The van der Waals surface area contributed by atoms with Crippen LogP contribution in [0.25, 0.3) is 11.3 Å². The second-order valence-electron chi connectivity index (χ2n) is 5.27. The Labute approximate surface area is 117 Å². The molecule has 1 fully saturated rings. The van der Waals surface area contributed by atoms with Gasteiger partial charge in [-0.15, -0.1) is 0 Å². The van der Waals surface area contributed by atoms with Gasteiger partial charge in [0, 0.05) is 5.56 Å². The normalized spacial score (nSPS) is 16.8. The second-order valence-corrected chi connectivity index (χ2v) is 5.27. The van der Waals surface area contributed by atoms with Crippen LogP contribution >= 0.6 is 0 Å². The number of aromatic amines is 1. The van der Waals surface area contributed by atoms with E-state index in [1.54, 1.807) is 11.0 Å². The summed E-state index contributed by atoms with van der Waals surface area (Å²) in [5.74, 6) is -0.113. The molecule has 2 heterocycles. The van der Waals surface area contributed by atoms with E-state index >= 15 is 0 Å². The molecule has 0 bridgehead atoms. The first-order valence-corrected chi connectivity index (χ1v) is 6.74. The molecule has 0 radical (unpaired) electrons. The average molecular weight is 271 g/mol. The monoisotopic (exact) mass is 271 g/mol.